The van der Waals surface area contributed by atoms with Crippen molar-refractivity contribution in [2.45, 2.75) is 6.92 Å². The molecule has 1 aromatic carbocycles. The standard InChI is InChI=1S/C13H16N2O2S2/c1-2-19(17)8-7-15-13(16)12-11(14)9-5-3-4-6-10(9)18-12/h3-6H,2,7-8,14H2,1H3,(H,15,16). The number of nitrogens with one attached hydrogen (secondary N) is 1. The number of thiophene rings is 1. The number of carbonyl (C=O) groups excluding carboxylic acids is 1. The van der Waals surface area contributed by atoms with E-state index in [1.54, 1.807) is 0 Å². The fourth-order valence-corrected chi connectivity index (χ4v) is 3.39. The Morgan fingerprint density at radius 1 is 1.42 bits per heavy atom. The van der Waals surface area contributed by atoms with Crippen molar-refractivity contribution in [2.75, 3.05) is 23.8 Å². The van der Waals surface area contributed by atoms with Gasteiger partial charge >= 0.3 is 0 Å². The number of benzene rings is 1. The topological polar surface area (TPSA) is 72.2 Å². The molecule has 0 saturated heterocycles. The smallest absolute Gasteiger partial charge is 0.263 e. The van der Waals surface area contributed by atoms with Crippen molar-refractivity contribution in [1.29, 1.82) is 0 Å². The minimum atomic E-state index is -0.862. The molecule has 0 aliphatic heterocycles. The molecular formula is C13H16N2O2S2. The van der Waals surface area contributed by atoms with E-state index in [0.717, 1.165) is 10.1 Å². The summed E-state index contributed by atoms with van der Waals surface area (Å²) in [6, 6.07) is 7.67. The fourth-order valence-electron chi connectivity index (χ4n) is 1.74. The second-order valence-corrected chi connectivity index (χ2v) is 6.95. The van der Waals surface area contributed by atoms with Crippen LogP contribution in [0.2, 0.25) is 0 Å². The lowest BCUT2D eigenvalue weighted by molar-refractivity contribution is 0.0961. The molecule has 1 amide bonds. The fraction of sp³-hybridized carbons (Fsp3) is 0.308. The molecule has 0 bridgehead atoms. The molecule has 2 rings (SSSR count). The summed E-state index contributed by atoms with van der Waals surface area (Å²) < 4.78 is 12.3. The van der Waals surface area contributed by atoms with E-state index in [0.29, 0.717) is 28.6 Å². The molecule has 1 aromatic heterocycles. The van der Waals surface area contributed by atoms with Gasteiger partial charge in [0.05, 0.1) is 5.69 Å². The third kappa shape index (κ3) is 3.13. The van der Waals surface area contributed by atoms with Gasteiger partial charge in [-0.1, -0.05) is 25.1 Å². The first kappa shape index (κ1) is 14.0. The van der Waals surface area contributed by atoms with E-state index in [2.05, 4.69) is 5.32 Å². The number of rotatable bonds is 5. The number of hydrogen-bond acceptors (Lipinski definition) is 4. The number of amides is 1. The van der Waals surface area contributed by atoms with Gasteiger partial charge < -0.3 is 11.1 Å². The van der Waals surface area contributed by atoms with Gasteiger partial charge in [0.1, 0.15) is 4.88 Å². The first-order chi connectivity index (χ1) is 9.13. The largest absolute Gasteiger partial charge is 0.397 e. The first-order valence-corrected chi connectivity index (χ1v) is 8.34. The Kier molecular flexibility index (Phi) is 4.55. The van der Waals surface area contributed by atoms with Crippen LogP contribution in [0.4, 0.5) is 5.69 Å². The van der Waals surface area contributed by atoms with E-state index in [9.17, 15) is 9.00 Å². The maximum absolute atomic E-state index is 12.0. The van der Waals surface area contributed by atoms with Crippen molar-refractivity contribution in [3.05, 3.63) is 29.1 Å². The van der Waals surface area contributed by atoms with Crippen LogP contribution in [0.15, 0.2) is 24.3 Å². The Morgan fingerprint density at radius 2 is 2.16 bits per heavy atom. The summed E-state index contributed by atoms with van der Waals surface area (Å²) in [5.41, 5.74) is 6.51. The minimum absolute atomic E-state index is 0.188. The molecule has 0 saturated carbocycles. The quantitative estimate of drug-likeness (QED) is 0.886. The highest BCUT2D eigenvalue weighted by Gasteiger charge is 2.15. The highest BCUT2D eigenvalue weighted by Crippen LogP contribution is 2.33. The molecule has 102 valence electrons. The lowest BCUT2D eigenvalue weighted by Gasteiger charge is -2.03. The molecule has 0 radical (unpaired) electrons. The van der Waals surface area contributed by atoms with Gasteiger partial charge in [0, 0.05) is 38.9 Å². The zero-order valence-corrected chi connectivity index (χ0v) is 12.3. The Morgan fingerprint density at radius 3 is 2.84 bits per heavy atom. The summed E-state index contributed by atoms with van der Waals surface area (Å²) in [6.45, 7) is 2.27. The van der Waals surface area contributed by atoms with Crippen LogP contribution in [-0.4, -0.2) is 28.2 Å². The molecule has 1 unspecified atom stereocenters. The van der Waals surface area contributed by atoms with Crippen LogP contribution in [0.5, 0.6) is 0 Å². The van der Waals surface area contributed by atoms with Gasteiger partial charge in [-0.05, 0) is 6.07 Å². The second-order valence-electron chi connectivity index (χ2n) is 4.03. The van der Waals surface area contributed by atoms with Crippen LogP contribution in [0, 0.1) is 0 Å². The van der Waals surface area contributed by atoms with E-state index in [1.165, 1.54) is 11.3 Å². The monoisotopic (exact) mass is 296 g/mol. The van der Waals surface area contributed by atoms with Crippen LogP contribution in [0.3, 0.4) is 0 Å². The van der Waals surface area contributed by atoms with Gasteiger partial charge in [-0.2, -0.15) is 0 Å². The molecule has 2 aromatic rings. The molecule has 0 aliphatic rings. The van der Waals surface area contributed by atoms with Gasteiger partial charge in [0.2, 0.25) is 0 Å². The molecule has 3 N–H and O–H groups in total. The van der Waals surface area contributed by atoms with Crippen LogP contribution in [0.1, 0.15) is 16.6 Å². The second kappa shape index (κ2) is 6.16. The molecule has 4 nitrogen and oxygen atoms in total. The average molecular weight is 296 g/mol. The molecule has 0 aliphatic carbocycles. The third-order valence-electron chi connectivity index (χ3n) is 2.78. The molecule has 1 atom stereocenters. The van der Waals surface area contributed by atoms with E-state index in [4.69, 9.17) is 5.73 Å². The lowest BCUT2D eigenvalue weighted by atomic mass is 10.2. The number of hydrogen-bond donors (Lipinski definition) is 2. The zero-order chi connectivity index (χ0) is 13.8. The van der Waals surface area contributed by atoms with Gasteiger partial charge in [-0.15, -0.1) is 11.3 Å². The Hall–Kier alpha value is -1.40. The SMILES string of the molecule is CCS(=O)CCNC(=O)c1sc2ccccc2c1N. The lowest BCUT2D eigenvalue weighted by Crippen LogP contribution is -2.27. The normalized spacial score (nSPS) is 12.5. The maximum Gasteiger partial charge on any atom is 0.263 e. The first-order valence-electron chi connectivity index (χ1n) is 6.03. The summed E-state index contributed by atoms with van der Waals surface area (Å²) >= 11 is 1.38. The number of fused-ring (bicyclic) bond motifs is 1. The van der Waals surface area contributed by atoms with Crippen molar-refractivity contribution in [1.82, 2.24) is 5.32 Å². The molecular weight excluding hydrogens is 280 g/mol. The molecule has 6 heteroatoms. The summed E-state index contributed by atoms with van der Waals surface area (Å²) in [7, 11) is -0.862. The Balaban J connectivity index is 2.09. The van der Waals surface area contributed by atoms with Crippen molar-refractivity contribution < 1.29 is 9.00 Å². The van der Waals surface area contributed by atoms with E-state index in [1.807, 2.05) is 31.2 Å². The van der Waals surface area contributed by atoms with Crippen LogP contribution in [-0.2, 0) is 10.8 Å². The van der Waals surface area contributed by atoms with E-state index in [-0.39, 0.29) is 5.91 Å². The van der Waals surface area contributed by atoms with Crippen LogP contribution >= 0.6 is 11.3 Å². The predicted molar refractivity (Wildman–Crippen MR) is 82.1 cm³/mol. The molecule has 1 heterocycles. The highest BCUT2D eigenvalue weighted by molar-refractivity contribution is 7.84. The van der Waals surface area contributed by atoms with Gasteiger partial charge in [-0.25, -0.2) is 0 Å². The summed E-state index contributed by atoms with van der Waals surface area (Å²) in [5, 5.41) is 3.68. The molecule has 0 fully saturated rings. The summed E-state index contributed by atoms with van der Waals surface area (Å²) in [4.78, 5) is 12.6. The van der Waals surface area contributed by atoms with Crippen LogP contribution in [0.25, 0.3) is 10.1 Å². The van der Waals surface area contributed by atoms with Crippen LogP contribution < -0.4 is 11.1 Å². The minimum Gasteiger partial charge on any atom is -0.397 e. The summed E-state index contributed by atoms with van der Waals surface area (Å²) in [6.07, 6.45) is 0. The van der Waals surface area contributed by atoms with Gasteiger partial charge in [-0.3, -0.25) is 9.00 Å². The van der Waals surface area contributed by atoms with Crippen molar-refractivity contribution in [2.24, 2.45) is 0 Å². The van der Waals surface area contributed by atoms with Crippen molar-refractivity contribution >= 4 is 43.8 Å². The molecule has 0 spiro atoms. The zero-order valence-electron chi connectivity index (χ0n) is 10.6. The number of nitrogen functional groups attached to an aromatic ring is 1. The highest BCUT2D eigenvalue weighted by atomic mass is 32.2. The van der Waals surface area contributed by atoms with E-state index >= 15 is 0 Å². The number of anilines is 1. The summed E-state index contributed by atoms with van der Waals surface area (Å²) in [5.74, 6) is 0.903. The number of carbonyl (C=O) groups is 1. The number of nitrogens with two attached hydrogens (primary N) is 1. The van der Waals surface area contributed by atoms with Gasteiger partial charge in [0.15, 0.2) is 0 Å². The van der Waals surface area contributed by atoms with Gasteiger partial charge in [0.25, 0.3) is 5.91 Å². The molecule has 19 heavy (non-hydrogen) atoms. The predicted octanol–water partition coefficient (Wildman–Crippen LogP) is 1.98. The Bertz CT molecular complexity index is 622. The maximum atomic E-state index is 12.0. The third-order valence-corrected chi connectivity index (χ3v) is 5.27. The van der Waals surface area contributed by atoms with E-state index < -0.39 is 10.8 Å². The average Bonchev–Trinajstić information content (AvgIpc) is 2.76. The van der Waals surface area contributed by atoms with Crippen molar-refractivity contribution in [3.8, 4) is 0 Å². The Labute approximate surface area is 118 Å². The van der Waals surface area contributed by atoms with Crippen molar-refractivity contribution in [3.63, 3.8) is 0 Å².